The van der Waals surface area contributed by atoms with Gasteiger partial charge in [-0.3, -0.25) is 13.9 Å². The molecular formula is C26H23N3O4S. The highest BCUT2D eigenvalue weighted by molar-refractivity contribution is 8.13. The van der Waals surface area contributed by atoms with Crippen molar-refractivity contribution in [2.75, 3.05) is 18.5 Å². The van der Waals surface area contributed by atoms with Crippen molar-refractivity contribution in [3.8, 4) is 0 Å². The fourth-order valence-electron chi connectivity index (χ4n) is 4.36. The monoisotopic (exact) mass is 473 g/mol. The lowest BCUT2D eigenvalue weighted by molar-refractivity contribution is -0.110. The Bertz CT molecular complexity index is 1380. The largest absolute Gasteiger partial charge is 0.460 e. The van der Waals surface area contributed by atoms with E-state index in [1.165, 1.54) is 0 Å². The normalized spacial score (nSPS) is 17.6. The summed E-state index contributed by atoms with van der Waals surface area (Å²) in [6.07, 6.45) is 1.76. The zero-order chi connectivity index (χ0) is 24.0. The molecule has 1 aromatic heterocycles. The minimum absolute atomic E-state index is 0.0633. The average molecular weight is 474 g/mol. The molecule has 2 aliphatic rings. The van der Waals surface area contributed by atoms with Gasteiger partial charge in [0, 0.05) is 27.5 Å². The number of anilines is 1. The van der Waals surface area contributed by atoms with E-state index in [1.807, 2.05) is 49.4 Å². The highest BCUT2D eigenvalue weighted by atomic mass is 32.2. The second-order valence-electron chi connectivity index (χ2n) is 8.13. The molecule has 7 nitrogen and oxygen atoms in total. The highest BCUT2D eigenvalue weighted by Gasteiger charge is 2.30. The van der Waals surface area contributed by atoms with Crippen LogP contribution in [0.1, 0.15) is 43.2 Å². The van der Waals surface area contributed by atoms with Crippen molar-refractivity contribution in [2.45, 2.75) is 18.7 Å². The predicted molar refractivity (Wildman–Crippen MR) is 134 cm³/mol. The number of nitrogens with one attached hydrogen (secondary N) is 2. The molecule has 2 N–H and O–H groups in total. The lowest BCUT2D eigenvalue weighted by atomic mass is 10.0. The van der Waals surface area contributed by atoms with Gasteiger partial charge in [0.1, 0.15) is 6.61 Å². The molecule has 0 saturated heterocycles. The molecule has 0 radical (unpaired) electrons. The van der Waals surface area contributed by atoms with Gasteiger partial charge in [0.15, 0.2) is 0 Å². The Kier molecular flexibility index (Phi) is 5.45. The number of hydrogen-bond donors (Lipinski definition) is 2. The first kappa shape index (κ1) is 21.9. The number of carbonyl (C=O) groups excluding carboxylic acids is 3. The summed E-state index contributed by atoms with van der Waals surface area (Å²) in [5.41, 5.74) is 5.25. The van der Waals surface area contributed by atoms with Crippen LogP contribution in [0, 0.1) is 13.8 Å². The van der Waals surface area contributed by atoms with E-state index in [4.69, 9.17) is 4.74 Å². The summed E-state index contributed by atoms with van der Waals surface area (Å²) in [4.78, 5) is 42.1. The predicted octanol–water partition coefficient (Wildman–Crippen LogP) is 4.41. The molecule has 0 spiro atoms. The number of carbonyl (C=O) groups is 3. The molecule has 2 aliphatic heterocycles. The molecule has 3 aromatic rings. The molecule has 0 fully saturated rings. The van der Waals surface area contributed by atoms with Gasteiger partial charge in [0.05, 0.1) is 23.2 Å². The molecule has 0 aliphatic carbocycles. The molecule has 8 heteroatoms. The van der Waals surface area contributed by atoms with Crippen molar-refractivity contribution >= 4 is 51.7 Å². The zero-order valence-corrected chi connectivity index (χ0v) is 19.6. The third-order valence-electron chi connectivity index (χ3n) is 6.07. The van der Waals surface area contributed by atoms with Gasteiger partial charge in [0.2, 0.25) is 0 Å². The first-order valence-electron chi connectivity index (χ1n) is 10.8. The van der Waals surface area contributed by atoms with Crippen LogP contribution in [0.4, 0.5) is 5.69 Å². The van der Waals surface area contributed by atoms with Gasteiger partial charge in [-0.2, -0.15) is 0 Å². The Morgan fingerprint density at radius 3 is 2.56 bits per heavy atom. The molecular weight excluding hydrogens is 450 g/mol. The molecule has 1 atom stereocenters. The van der Waals surface area contributed by atoms with Gasteiger partial charge in [-0.25, -0.2) is 4.79 Å². The van der Waals surface area contributed by atoms with Crippen LogP contribution in [-0.4, -0.2) is 46.1 Å². The number of benzene rings is 2. The minimum atomic E-state index is -0.613. The third-order valence-corrected chi connectivity index (χ3v) is 7.81. The summed E-state index contributed by atoms with van der Waals surface area (Å²) in [6, 6.07) is 14.9. The SMILES string of the molecule is C=S1c2ccccc2C(=O)N1CCOC(=O)c1c(C)[nH]c(/C=C2\C(=O)Nc3ccccc32)c1C. The van der Waals surface area contributed by atoms with Crippen molar-refractivity contribution in [3.05, 3.63) is 82.2 Å². The molecule has 3 heterocycles. The van der Waals surface area contributed by atoms with Gasteiger partial charge in [-0.1, -0.05) is 46.9 Å². The van der Waals surface area contributed by atoms with Crippen LogP contribution in [-0.2, 0) is 9.53 Å². The fraction of sp³-hybridized carbons (Fsp3) is 0.154. The van der Waals surface area contributed by atoms with Crippen molar-refractivity contribution in [1.29, 1.82) is 0 Å². The maximum atomic E-state index is 12.9. The number of hydrogen-bond acceptors (Lipinski definition) is 4. The maximum Gasteiger partial charge on any atom is 0.340 e. The lowest BCUT2D eigenvalue weighted by Crippen LogP contribution is -2.26. The molecule has 5 rings (SSSR count). The van der Waals surface area contributed by atoms with Crippen LogP contribution in [0.5, 0.6) is 0 Å². The number of amides is 2. The van der Waals surface area contributed by atoms with Gasteiger partial charge in [-0.15, -0.1) is 0 Å². The van der Waals surface area contributed by atoms with E-state index in [0.717, 1.165) is 16.1 Å². The van der Waals surface area contributed by atoms with Crippen LogP contribution in [0.25, 0.3) is 11.6 Å². The quantitative estimate of drug-likeness (QED) is 0.326. The van der Waals surface area contributed by atoms with E-state index in [2.05, 4.69) is 16.2 Å². The summed E-state index contributed by atoms with van der Waals surface area (Å²) in [7, 11) is -0.613. The van der Waals surface area contributed by atoms with E-state index < -0.39 is 16.6 Å². The number of para-hydroxylation sites is 1. The first-order valence-corrected chi connectivity index (χ1v) is 12.2. The van der Waals surface area contributed by atoms with Crippen LogP contribution in [0.3, 0.4) is 0 Å². The number of aromatic amines is 1. The van der Waals surface area contributed by atoms with Crippen molar-refractivity contribution in [1.82, 2.24) is 9.29 Å². The number of esters is 1. The maximum absolute atomic E-state index is 12.9. The van der Waals surface area contributed by atoms with E-state index >= 15 is 0 Å². The second kappa shape index (κ2) is 8.46. The third kappa shape index (κ3) is 3.56. The van der Waals surface area contributed by atoms with Gasteiger partial charge < -0.3 is 15.0 Å². The van der Waals surface area contributed by atoms with Crippen LogP contribution < -0.4 is 5.32 Å². The number of aromatic nitrogens is 1. The second-order valence-corrected chi connectivity index (χ2v) is 9.74. The standard InChI is InChI=1S/C26H23N3O4S/c1-15-21(14-19-17-8-4-6-10-20(17)28-24(19)30)27-16(2)23(15)26(32)33-13-12-29-25(31)18-9-5-7-11-22(18)34(29)3/h4-11,14,27H,3,12-13H2,1-2H3,(H,28,30)/b19-14-. The Morgan fingerprint density at radius 1 is 1.09 bits per heavy atom. The number of ether oxygens (including phenoxy) is 1. The van der Waals surface area contributed by atoms with Crippen LogP contribution in [0.15, 0.2) is 53.4 Å². The van der Waals surface area contributed by atoms with Gasteiger partial charge in [-0.05, 0) is 43.7 Å². The molecule has 34 heavy (non-hydrogen) atoms. The van der Waals surface area contributed by atoms with Crippen LogP contribution >= 0.6 is 10.7 Å². The minimum Gasteiger partial charge on any atom is -0.460 e. The Morgan fingerprint density at radius 2 is 1.79 bits per heavy atom. The van der Waals surface area contributed by atoms with Crippen molar-refractivity contribution < 1.29 is 19.1 Å². The summed E-state index contributed by atoms with van der Waals surface area (Å²) >= 11 is 0. The molecule has 0 bridgehead atoms. The van der Waals surface area contributed by atoms with Crippen molar-refractivity contribution in [3.63, 3.8) is 0 Å². The summed E-state index contributed by atoms with van der Waals surface area (Å²) in [5, 5.41) is 2.85. The molecule has 2 amide bonds. The van der Waals surface area contributed by atoms with E-state index in [-0.39, 0.29) is 25.0 Å². The number of H-pyrrole nitrogens is 1. The van der Waals surface area contributed by atoms with E-state index in [9.17, 15) is 14.4 Å². The Balaban J connectivity index is 1.30. The summed E-state index contributed by atoms with van der Waals surface area (Å²) in [5.74, 6) is 3.37. The summed E-state index contributed by atoms with van der Waals surface area (Å²) < 4.78 is 7.17. The fourth-order valence-corrected chi connectivity index (χ4v) is 5.83. The first-order chi connectivity index (χ1) is 16.4. The smallest absolute Gasteiger partial charge is 0.340 e. The number of rotatable bonds is 5. The Hall–Kier alpha value is -3.91. The van der Waals surface area contributed by atoms with Crippen LogP contribution in [0.2, 0.25) is 0 Å². The van der Waals surface area contributed by atoms with Gasteiger partial charge in [0.25, 0.3) is 11.8 Å². The summed E-state index contributed by atoms with van der Waals surface area (Å²) in [6.45, 7) is 3.94. The molecule has 0 saturated carbocycles. The Labute approximate surface area is 199 Å². The molecule has 1 unspecified atom stereocenters. The average Bonchev–Trinajstić information content (AvgIpc) is 3.38. The number of fused-ring (bicyclic) bond motifs is 2. The number of aryl methyl sites for hydroxylation is 1. The molecule has 2 aromatic carbocycles. The van der Waals surface area contributed by atoms with E-state index in [1.54, 1.807) is 23.4 Å². The van der Waals surface area contributed by atoms with Gasteiger partial charge >= 0.3 is 5.97 Å². The zero-order valence-electron chi connectivity index (χ0n) is 18.8. The molecule has 172 valence electrons. The number of nitrogens with zero attached hydrogens (tertiary/aromatic N) is 1. The lowest BCUT2D eigenvalue weighted by Gasteiger charge is -2.18. The van der Waals surface area contributed by atoms with E-state index in [0.29, 0.717) is 33.7 Å². The highest BCUT2D eigenvalue weighted by Crippen LogP contribution is 2.40. The topological polar surface area (TPSA) is 91.5 Å². The van der Waals surface area contributed by atoms with Crippen molar-refractivity contribution in [2.24, 2.45) is 0 Å².